The van der Waals surface area contributed by atoms with Gasteiger partial charge in [-0.3, -0.25) is 14.4 Å². The van der Waals surface area contributed by atoms with Crippen LogP contribution in [0.2, 0.25) is 0 Å². The number of likely N-dealkylation sites (tertiary alicyclic amines) is 1. The van der Waals surface area contributed by atoms with Gasteiger partial charge in [-0.05, 0) is 29.9 Å². The number of benzene rings is 1. The topological polar surface area (TPSA) is 78.5 Å². The maximum Gasteiger partial charge on any atom is 0.242 e. The number of nitrogens with zero attached hydrogens (tertiary/aromatic N) is 1. The number of thiophene rings is 1. The quantitative estimate of drug-likeness (QED) is 0.664. The van der Waals surface area contributed by atoms with Gasteiger partial charge in [0.25, 0.3) is 0 Å². The number of hydrogen-bond donors (Lipinski definition) is 2. The molecule has 148 valence electrons. The van der Waals surface area contributed by atoms with E-state index in [9.17, 15) is 14.4 Å². The van der Waals surface area contributed by atoms with Gasteiger partial charge in [-0.2, -0.15) is 0 Å². The molecule has 1 aromatic carbocycles. The lowest BCUT2D eigenvalue weighted by molar-refractivity contribution is -0.137. The van der Waals surface area contributed by atoms with Crippen molar-refractivity contribution in [2.24, 2.45) is 0 Å². The highest BCUT2D eigenvalue weighted by molar-refractivity contribution is 7.10. The van der Waals surface area contributed by atoms with Crippen LogP contribution < -0.4 is 10.6 Å². The second-order valence-corrected chi connectivity index (χ2v) is 7.84. The second kappa shape index (κ2) is 10.0. The summed E-state index contributed by atoms with van der Waals surface area (Å²) in [6.45, 7) is 1.34. The molecule has 0 aliphatic carbocycles. The van der Waals surface area contributed by atoms with E-state index in [0.717, 1.165) is 16.9 Å². The van der Waals surface area contributed by atoms with Crippen LogP contribution in [-0.4, -0.2) is 48.3 Å². The van der Waals surface area contributed by atoms with Crippen LogP contribution in [0.1, 0.15) is 23.3 Å². The Labute approximate surface area is 168 Å². The van der Waals surface area contributed by atoms with Crippen molar-refractivity contribution in [2.45, 2.75) is 31.7 Å². The Morgan fingerprint density at radius 1 is 1.00 bits per heavy atom. The summed E-state index contributed by atoms with van der Waals surface area (Å²) in [6.07, 6.45) is 2.18. The van der Waals surface area contributed by atoms with Crippen LogP contribution in [0, 0.1) is 0 Å². The first-order valence-electron chi connectivity index (χ1n) is 9.53. The van der Waals surface area contributed by atoms with Crippen LogP contribution in [0.15, 0.2) is 47.8 Å². The van der Waals surface area contributed by atoms with Gasteiger partial charge in [-0.15, -0.1) is 11.3 Å². The molecular formula is C21H25N3O3S. The zero-order valence-corrected chi connectivity index (χ0v) is 16.5. The Hall–Kier alpha value is -2.67. The van der Waals surface area contributed by atoms with Crippen LogP contribution >= 0.6 is 11.3 Å². The minimum Gasteiger partial charge on any atom is -0.354 e. The van der Waals surface area contributed by atoms with Crippen molar-refractivity contribution >= 4 is 29.1 Å². The number of hydrogen-bond acceptors (Lipinski definition) is 4. The van der Waals surface area contributed by atoms with Crippen LogP contribution in [0.25, 0.3) is 0 Å². The Morgan fingerprint density at radius 3 is 2.54 bits per heavy atom. The minimum absolute atomic E-state index is 0.00346. The molecule has 0 bridgehead atoms. The average Bonchev–Trinajstić information content (AvgIpc) is 3.37. The largest absolute Gasteiger partial charge is 0.354 e. The Kier molecular flexibility index (Phi) is 7.19. The summed E-state index contributed by atoms with van der Waals surface area (Å²) >= 11 is 1.55. The van der Waals surface area contributed by atoms with Crippen molar-refractivity contribution in [2.75, 3.05) is 19.6 Å². The fourth-order valence-corrected chi connectivity index (χ4v) is 4.05. The van der Waals surface area contributed by atoms with E-state index in [4.69, 9.17) is 0 Å². The first kappa shape index (κ1) is 20.1. The van der Waals surface area contributed by atoms with E-state index in [2.05, 4.69) is 10.6 Å². The summed E-state index contributed by atoms with van der Waals surface area (Å²) in [5, 5.41) is 7.60. The summed E-state index contributed by atoms with van der Waals surface area (Å²) in [4.78, 5) is 39.6. The standard InChI is InChI=1S/C21H25N3O3S/c25-19(14-16-6-2-1-3-7-16)22-10-11-23-21(27)18-9-4-12-24(18)20(26)15-17-8-5-13-28-17/h1-3,5-8,13,18H,4,9-12,14-15H2,(H,22,25)(H,23,27). The van der Waals surface area contributed by atoms with Gasteiger partial charge in [0, 0.05) is 24.5 Å². The molecule has 2 aromatic rings. The third-order valence-electron chi connectivity index (χ3n) is 4.74. The van der Waals surface area contributed by atoms with Gasteiger partial charge in [0.1, 0.15) is 6.04 Å². The Balaban J connectivity index is 1.39. The number of carbonyl (C=O) groups is 3. The van der Waals surface area contributed by atoms with Crippen molar-refractivity contribution < 1.29 is 14.4 Å². The molecule has 1 aliphatic rings. The van der Waals surface area contributed by atoms with Gasteiger partial charge in [-0.1, -0.05) is 36.4 Å². The Morgan fingerprint density at radius 2 is 1.79 bits per heavy atom. The lowest BCUT2D eigenvalue weighted by Gasteiger charge is -2.24. The molecule has 1 atom stereocenters. The lowest BCUT2D eigenvalue weighted by Crippen LogP contribution is -2.47. The number of rotatable bonds is 8. The number of nitrogens with one attached hydrogen (secondary N) is 2. The molecule has 7 heteroatoms. The second-order valence-electron chi connectivity index (χ2n) is 6.80. The van der Waals surface area contributed by atoms with Crippen molar-refractivity contribution in [1.82, 2.24) is 15.5 Å². The molecule has 2 N–H and O–H groups in total. The molecule has 0 radical (unpaired) electrons. The zero-order chi connectivity index (χ0) is 19.8. The third-order valence-corrected chi connectivity index (χ3v) is 5.61. The third kappa shape index (κ3) is 5.66. The maximum absolute atomic E-state index is 12.5. The van der Waals surface area contributed by atoms with Crippen LogP contribution in [-0.2, 0) is 27.2 Å². The fraction of sp³-hybridized carbons (Fsp3) is 0.381. The van der Waals surface area contributed by atoms with E-state index in [0.29, 0.717) is 38.9 Å². The van der Waals surface area contributed by atoms with Gasteiger partial charge in [-0.25, -0.2) is 0 Å². The molecule has 1 fully saturated rings. The van der Waals surface area contributed by atoms with E-state index in [1.807, 2.05) is 47.8 Å². The van der Waals surface area contributed by atoms with Gasteiger partial charge < -0.3 is 15.5 Å². The number of amides is 3. The average molecular weight is 400 g/mol. The molecule has 1 aromatic heterocycles. The predicted molar refractivity (Wildman–Crippen MR) is 109 cm³/mol. The molecule has 2 heterocycles. The van der Waals surface area contributed by atoms with E-state index >= 15 is 0 Å². The van der Waals surface area contributed by atoms with Gasteiger partial charge >= 0.3 is 0 Å². The maximum atomic E-state index is 12.5. The molecule has 1 unspecified atom stereocenters. The summed E-state index contributed by atoms with van der Waals surface area (Å²) < 4.78 is 0. The summed E-state index contributed by atoms with van der Waals surface area (Å²) in [5.74, 6) is -0.223. The zero-order valence-electron chi connectivity index (χ0n) is 15.7. The highest BCUT2D eigenvalue weighted by Gasteiger charge is 2.33. The summed E-state index contributed by atoms with van der Waals surface area (Å²) in [7, 11) is 0. The number of carbonyl (C=O) groups excluding carboxylic acids is 3. The van der Waals surface area contributed by atoms with Gasteiger partial charge in [0.05, 0.1) is 12.8 Å². The summed E-state index contributed by atoms with van der Waals surface area (Å²) in [6, 6.07) is 13.0. The molecule has 1 saturated heterocycles. The van der Waals surface area contributed by atoms with Crippen molar-refractivity contribution in [3.63, 3.8) is 0 Å². The SMILES string of the molecule is O=C(Cc1ccccc1)NCCNC(=O)C1CCCN1C(=O)Cc1cccs1. The first-order valence-corrected chi connectivity index (χ1v) is 10.4. The molecule has 3 rings (SSSR count). The highest BCUT2D eigenvalue weighted by Crippen LogP contribution is 2.20. The van der Waals surface area contributed by atoms with Crippen molar-refractivity contribution in [3.05, 3.63) is 58.3 Å². The molecule has 1 aliphatic heterocycles. The molecule has 3 amide bonds. The summed E-state index contributed by atoms with van der Waals surface area (Å²) in [5.41, 5.74) is 0.954. The normalized spacial score (nSPS) is 16.0. The van der Waals surface area contributed by atoms with E-state index in [-0.39, 0.29) is 17.7 Å². The van der Waals surface area contributed by atoms with E-state index < -0.39 is 6.04 Å². The molecular weight excluding hydrogens is 374 g/mol. The molecule has 0 spiro atoms. The van der Waals surface area contributed by atoms with Gasteiger partial charge in [0.2, 0.25) is 17.7 Å². The van der Waals surface area contributed by atoms with E-state index in [1.54, 1.807) is 16.2 Å². The molecule has 28 heavy (non-hydrogen) atoms. The fourth-order valence-electron chi connectivity index (χ4n) is 3.35. The Bertz CT molecular complexity index is 792. The predicted octanol–water partition coefficient (Wildman–Crippen LogP) is 1.76. The van der Waals surface area contributed by atoms with Gasteiger partial charge in [0.15, 0.2) is 0 Å². The highest BCUT2D eigenvalue weighted by atomic mass is 32.1. The minimum atomic E-state index is -0.410. The van der Waals surface area contributed by atoms with Crippen LogP contribution in [0.5, 0.6) is 0 Å². The monoisotopic (exact) mass is 399 g/mol. The van der Waals surface area contributed by atoms with E-state index in [1.165, 1.54) is 0 Å². The van der Waals surface area contributed by atoms with Crippen LogP contribution in [0.3, 0.4) is 0 Å². The van der Waals surface area contributed by atoms with Crippen molar-refractivity contribution in [3.8, 4) is 0 Å². The first-order chi connectivity index (χ1) is 13.6. The molecule has 0 saturated carbocycles. The van der Waals surface area contributed by atoms with Crippen LogP contribution in [0.4, 0.5) is 0 Å². The lowest BCUT2D eigenvalue weighted by atomic mass is 10.1. The van der Waals surface area contributed by atoms with Crippen molar-refractivity contribution in [1.29, 1.82) is 0 Å². The molecule has 6 nitrogen and oxygen atoms in total. The smallest absolute Gasteiger partial charge is 0.242 e.